The lowest BCUT2D eigenvalue weighted by atomic mass is 9.92. The molecule has 1 aliphatic heterocycles. The first-order valence-corrected chi connectivity index (χ1v) is 8.35. The third-order valence-electron chi connectivity index (χ3n) is 4.51. The van der Waals surface area contributed by atoms with Gasteiger partial charge in [0.25, 0.3) is 0 Å². The minimum Gasteiger partial charge on any atom is -0.434 e. The number of anilines is 1. The molecule has 2 rings (SSSR count). The molecule has 1 aromatic carbocycles. The summed E-state index contributed by atoms with van der Waals surface area (Å²) in [5.41, 5.74) is 1.83. The Kier molecular flexibility index (Phi) is 6.04. The summed E-state index contributed by atoms with van der Waals surface area (Å²) < 4.78 is 30.0. The minimum atomic E-state index is -2.77. The Balaban J connectivity index is 2.11. The highest BCUT2D eigenvalue weighted by molar-refractivity contribution is 5.54. The van der Waals surface area contributed by atoms with Crippen molar-refractivity contribution >= 4 is 5.69 Å². The number of halogens is 2. The monoisotopic (exact) mass is 311 g/mol. The van der Waals surface area contributed by atoms with E-state index in [2.05, 4.69) is 11.8 Å². The van der Waals surface area contributed by atoms with Crippen molar-refractivity contribution in [2.45, 2.75) is 59.0 Å². The zero-order valence-corrected chi connectivity index (χ0v) is 13.8. The van der Waals surface area contributed by atoms with Crippen LogP contribution in [0.25, 0.3) is 0 Å². The predicted octanol–water partition coefficient (Wildman–Crippen LogP) is 5.43. The van der Waals surface area contributed by atoms with Crippen LogP contribution in [0.15, 0.2) is 18.2 Å². The van der Waals surface area contributed by atoms with Crippen molar-refractivity contribution in [3.05, 3.63) is 23.8 Å². The standard InChI is InChI=1S/C18H27F2NO/c1-4-5-14-8-10-21(11-9-14)15-6-7-16(13(2)3)17(12-15)22-18(19)20/h6-7,12-14,18H,4-5,8-11H2,1-3H3. The Bertz CT molecular complexity index is 468. The van der Waals surface area contributed by atoms with E-state index >= 15 is 0 Å². The highest BCUT2D eigenvalue weighted by atomic mass is 19.3. The number of alkyl halides is 2. The Labute approximate surface area is 132 Å². The van der Waals surface area contributed by atoms with E-state index in [1.165, 1.54) is 25.7 Å². The van der Waals surface area contributed by atoms with E-state index in [-0.39, 0.29) is 5.92 Å². The van der Waals surface area contributed by atoms with E-state index in [1.54, 1.807) is 6.07 Å². The highest BCUT2D eigenvalue weighted by Gasteiger charge is 2.20. The molecule has 0 spiro atoms. The molecule has 0 aliphatic carbocycles. The van der Waals surface area contributed by atoms with Crippen molar-refractivity contribution in [2.24, 2.45) is 5.92 Å². The summed E-state index contributed by atoms with van der Waals surface area (Å²) in [5, 5.41) is 0. The van der Waals surface area contributed by atoms with Gasteiger partial charge in [-0.15, -0.1) is 0 Å². The molecule has 22 heavy (non-hydrogen) atoms. The fourth-order valence-electron chi connectivity index (χ4n) is 3.28. The molecule has 0 radical (unpaired) electrons. The van der Waals surface area contributed by atoms with Crippen LogP contribution >= 0.6 is 0 Å². The van der Waals surface area contributed by atoms with Gasteiger partial charge in [0.2, 0.25) is 0 Å². The average Bonchev–Trinajstić information content (AvgIpc) is 2.47. The molecule has 0 aromatic heterocycles. The van der Waals surface area contributed by atoms with Crippen molar-refractivity contribution < 1.29 is 13.5 Å². The quantitative estimate of drug-likeness (QED) is 0.694. The maximum absolute atomic E-state index is 12.6. The van der Waals surface area contributed by atoms with E-state index in [1.807, 2.05) is 26.0 Å². The maximum atomic E-state index is 12.6. The molecule has 1 fully saturated rings. The smallest absolute Gasteiger partial charge is 0.387 e. The zero-order valence-electron chi connectivity index (χ0n) is 13.8. The number of piperidine rings is 1. The van der Waals surface area contributed by atoms with Gasteiger partial charge in [-0.1, -0.05) is 39.7 Å². The van der Waals surface area contributed by atoms with Crippen LogP contribution in [0.5, 0.6) is 5.75 Å². The van der Waals surface area contributed by atoms with E-state index in [4.69, 9.17) is 4.74 Å². The Morgan fingerprint density at radius 3 is 2.45 bits per heavy atom. The Hall–Kier alpha value is -1.32. The molecular weight excluding hydrogens is 284 g/mol. The molecule has 1 saturated heterocycles. The summed E-state index contributed by atoms with van der Waals surface area (Å²) in [6, 6.07) is 5.74. The van der Waals surface area contributed by atoms with Crippen LogP contribution in [0.1, 0.15) is 57.9 Å². The largest absolute Gasteiger partial charge is 0.434 e. The molecule has 1 aliphatic rings. The zero-order chi connectivity index (χ0) is 16.1. The predicted molar refractivity (Wildman–Crippen MR) is 87.0 cm³/mol. The van der Waals surface area contributed by atoms with Crippen LogP contribution in [0.4, 0.5) is 14.5 Å². The summed E-state index contributed by atoms with van der Waals surface area (Å²) >= 11 is 0. The van der Waals surface area contributed by atoms with Crippen LogP contribution in [-0.4, -0.2) is 19.7 Å². The SMILES string of the molecule is CCCC1CCN(c2ccc(C(C)C)c(OC(F)F)c2)CC1. The molecule has 4 heteroatoms. The summed E-state index contributed by atoms with van der Waals surface area (Å²) in [5.74, 6) is 1.30. The highest BCUT2D eigenvalue weighted by Crippen LogP contribution is 2.34. The number of nitrogens with zero attached hydrogens (tertiary/aromatic N) is 1. The number of hydrogen-bond donors (Lipinski definition) is 0. The van der Waals surface area contributed by atoms with Gasteiger partial charge >= 0.3 is 6.61 Å². The normalized spacial score (nSPS) is 16.6. The van der Waals surface area contributed by atoms with Gasteiger partial charge in [-0.25, -0.2) is 0 Å². The summed E-state index contributed by atoms with van der Waals surface area (Å²) in [7, 11) is 0. The lowest BCUT2D eigenvalue weighted by Crippen LogP contribution is -2.33. The summed E-state index contributed by atoms with van der Waals surface area (Å²) in [6.45, 7) is 5.43. The average molecular weight is 311 g/mol. The fourth-order valence-corrected chi connectivity index (χ4v) is 3.28. The van der Waals surface area contributed by atoms with E-state index in [0.717, 1.165) is 30.3 Å². The van der Waals surface area contributed by atoms with E-state index in [0.29, 0.717) is 5.75 Å². The number of benzene rings is 1. The molecule has 124 valence electrons. The van der Waals surface area contributed by atoms with Crippen molar-refractivity contribution in [2.75, 3.05) is 18.0 Å². The molecule has 0 atom stereocenters. The number of rotatable bonds is 6. The van der Waals surface area contributed by atoms with Crippen LogP contribution < -0.4 is 9.64 Å². The van der Waals surface area contributed by atoms with Crippen LogP contribution in [-0.2, 0) is 0 Å². The van der Waals surface area contributed by atoms with Gasteiger partial charge in [-0.3, -0.25) is 0 Å². The first-order valence-electron chi connectivity index (χ1n) is 8.35. The lowest BCUT2D eigenvalue weighted by Gasteiger charge is -2.34. The molecule has 0 bridgehead atoms. The van der Waals surface area contributed by atoms with E-state index < -0.39 is 6.61 Å². The van der Waals surface area contributed by atoms with Gasteiger partial charge in [0.05, 0.1) is 0 Å². The van der Waals surface area contributed by atoms with Crippen molar-refractivity contribution in [1.82, 2.24) is 0 Å². The molecule has 2 nitrogen and oxygen atoms in total. The van der Waals surface area contributed by atoms with Crippen LogP contribution in [0.3, 0.4) is 0 Å². The Morgan fingerprint density at radius 2 is 1.91 bits per heavy atom. The molecule has 0 unspecified atom stereocenters. The van der Waals surface area contributed by atoms with Crippen molar-refractivity contribution in [3.8, 4) is 5.75 Å². The second kappa shape index (κ2) is 7.80. The molecule has 1 aromatic rings. The van der Waals surface area contributed by atoms with Gasteiger partial charge < -0.3 is 9.64 Å². The third kappa shape index (κ3) is 4.34. The van der Waals surface area contributed by atoms with Crippen molar-refractivity contribution in [1.29, 1.82) is 0 Å². The van der Waals surface area contributed by atoms with Crippen LogP contribution in [0.2, 0.25) is 0 Å². The molecule has 0 N–H and O–H groups in total. The second-order valence-corrected chi connectivity index (χ2v) is 6.47. The summed E-state index contributed by atoms with van der Waals surface area (Å²) in [4.78, 5) is 2.29. The Morgan fingerprint density at radius 1 is 1.23 bits per heavy atom. The van der Waals surface area contributed by atoms with Gasteiger partial charge in [0, 0.05) is 24.8 Å². The minimum absolute atomic E-state index is 0.165. The molecular formula is C18H27F2NO. The second-order valence-electron chi connectivity index (χ2n) is 6.47. The molecule has 1 heterocycles. The number of hydrogen-bond acceptors (Lipinski definition) is 2. The third-order valence-corrected chi connectivity index (χ3v) is 4.51. The summed E-state index contributed by atoms with van der Waals surface area (Å²) in [6.07, 6.45) is 4.90. The molecule has 0 amide bonds. The fraction of sp³-hybridized carbons (Fsp3) is 0.667. The van der Waals surface area contributed by atoms with Gasteiger partial charge in [0.15, 0.2) is 0 Å². The van der Waals surface area contributed by atoms with Crippen LogP contribution in [0, 0.1) is 5.92 Å². The van der Waals surface area contributed by atoms with Gasteiger partial charge in [-0.05, 0) is 36.3 Å². The maximum Gasteiger partial charge on any atom is 0.387 e. The first-order chi connectivity index (χ1) is 10.5. The topological polar surface area (TPSA) is 12.5 Å². The molecule has 0 saturated carbocycles. The van der Waals surface area contributed by atoms with Crippen molar-refractivity contribution in [3.63, 3.8) is 0 Å². The lowest BCUT2D eigenvalue weighted by molar-refractivity contribution is -0.0505. The van der Waals surface area contributed by atoms with E-state index in [9.17, 15) is 8.78 Å². The first kappa shape index (κ1) is 17.0. The van der Waals surface area contributed by atoms with Gasteiger partial charge in [0.1, 0.15) is 5.75 Å². The number of ether oxygens (including phenoxy) is 1. The van der Waals surface area contributed by atoms with Gasteiger partial charge in [-0.2, -0.15) is 8.78 Å².